The predicted molar refractivity (Wildman–Crippen MR) is 128 cm³/mol. The number of para-hydroxylation sites is 1. The van der Waals surface area contributed by atoms with E-state index < -0.39 is 15.9 Å². The van der Waals surface area contributed by atoms with Gasteiger partial charge in [-0.3, -0.25) is 9.10 Å². The predicted octanol–water partition coefficient (Wildman–Crippen LogP) is 4.00. The van der Waals surface area contributed by atoms with Crippen LogP contribution in [0.15, 0.2) is 83.8 Å². The van der Waals surface area contributed by atoms with Gasteiger partial charge in [-0.15, -0.1) is 0 Å². The number of hydrogen-bond acceptors (Lipinski definition) is 5. The third-order valence-electron chi connectivity index (χ3n) is 4.80. The van der Waals surface area contributed by atoms with E-state index in [1.807, 2.05) is 38.1 Å². The van der Waals surface area contributed by atoms with Crippen molar-refractivity contribution in [3.8, 4) is 11.5 Å². The van der Waals surface area contributed by atoms with Crippen molar-refractivity contribution in [2.45, 2.75) is 25.3 Å². The molecule has 0 atom stereocenters. The number of nitrogens with one attached hydrogen (secondary N) is 1. The van der Waals surface area contributed by atoms with Gasteiger partial charge in [0.15, 0.2) is 0 Å². The van der Waals surface area contributed by atoms with Crippen LogP contribution in [0.25, 0.3) is 0 Å². The Morgan fingerprint density at radius 1 is 0.848 bits per heavy atom. The molecule has 3 aromatic carbocycles. The van der Waals surface area contributed by atoms with E-state index in [0.29, 0.717) is 30.4 Å². The zero-order valence-corrected chi connectivity index (χ0v) is 19.5. The first kappa shape index (κ1) is 24.1. The van der Waals surface area contributed by atoms with Crippen molar-refractivity contribution in [2.24, 2.45) is 0 Å². The van der Waals surface area contributed by atoms with Crippen molar-refractivity contribution in [1.29, 1.82) is 0 Å². The highest BCUT2D eigenvalue weighted by Gasteiger charge is 2.27. The van der Waals surface area contributed by atoms with Crippen molar-refractivity contribution in [2.75, 3.05) is 24.1 Å². The summed E-state index contributed by atoms with van der Waals surface area (Å²) in [6.07, 6.45) is 0. The molecule has 8 heteroatoms. The van der Waals surface area contributed by atoms with Crippen LogP contribution >= 0.6 is 0 Å². The molecule has 0 heterocycles. The summed E-state index contributed by atoms with van der Waals surface area (Å²) < 4.78 is 38.9. The van der Waals surface area contributed by atoms with E-state index in [0.717, 1.165) is 9.87 Å². The van der Waals surface area contributed by atoms with Crippen molar-refractivity contribution in [3.05, 3.63) is 84.4 Å². The molecule has 0 spiro atoms. The number of ether oxygens (including phenoxy) is 2. The Balaban J connectivity index is 1.83. The summed E-state index contributed by atoms with van der Waals surface area (Å²) in [4.78, 5) is 12.9. The van der Waals surface area contributed by atoms with Crippen molar-refractivity contribution in [3.63, 3.8) is 0 Å². The largest absolute Gasteiger partial charge is 0.494 e. The van der Waals surface area contributed by atoms with Gasteiger partial charge in [0.1, 0.15) is 18.0 Å². The fraction of sp³-hybridized carbons (Fsp3) is 0.240. The molecule has 0 aliphatic rings. The summed E-state index contributed by atoms with van der Waals surface area (Å²) in [6.45, 7) is 4.61. The summed E-state index contributed by atoms with van der Waals surface area (Å²) in [5, 5.41) is 2.80. The molecule has 0 saturated heterocycles. The molecule has 0 aliphatic heterocycles. The number of carbonyl (C=O) groups is 1. The molecule has 1 N–H and O–H groups in total. The number of hydrogen-bond donors (Lipinski definition) is 1. The molecule has 0 radical (unpaired) electrons. The van der Waals surface area contributed by atoms with E-state index in [-0.39, 0.29) is 18.0 Å². The Morgan fingerprint density at radius 2 is 1.48 bits per heavy atom. The molecular formula is C25H28N2O5S. The summed E-state index contributed by atoms with van der Waals surface area (Å²) in [7, 11) is -3.97. The Labute approximate surface area is 195 Å². The van der Waals surface area contributed by atoms with Crippen molar-refractivity contribution < 1.29 is 22.7 Å². The minimum Gasteiger partial charge on any atom is -0.494 e. The molecule has 3 aromatic rings. The number of amides is 1. The van der Waals surface area contributed by atoms with Gasteiger partial charge in [-0.05, 0) is 56.3 Å². The quantitative estimate of drug-likeness (QED) is 0.460. The lowest BCUT2D eigenvalue weighted by Crippen LogP contribution is -2.40. The van der Waals surface area contributed by atoms with Crippen LogP contribution in [0.2, 0.25) is 0 Å². The lowest BCUT2D eigenvalue weighted by molar-refractivity contribution is -0.119. The maximum Gasteiger partial charge on any atom is 0.264 e. The minimum atomic E-state index is -3.97. The van der Waals surface area contributed by atoms with E-state index in [1.54, 1.807) is 42.5 Å². The number of anilines is 1. The number of rotatable bonds is 11. The third-order valence-corrected chi connectivity index (χ3v) is 6.59. The molecule has 0 saturated carbocycles. The minimum absolute atomic E-state index is 0.105. The first-order valence-corrected chi connectivity index (χ1v) is 12.2. The average molecular weight is 469 g/mol. The van der Waals surface area contributed by atoms with Crippen LogP contribution in [0.5, 0.6) is 11.5 Å². The summed E-state index contributed by atoms with van der Waals surface area (Å²) >= 11 is 0. The first-order chi connectivity index (χ1) is 16.0. The monoisotopic (exact) mass is 468 g/mol. The molecule has 174 valence electrons. The lowest BCUT2D eigenvalue weighted by atomic mass is 10.2. The molecular weight excluding hydrogens is 440 g/mol. The van der Waals surface area contributed by atoms with Crippen LogP contribution in [0.1, 0.15) is 19.4 Å². The first-order valence-electron chi connectivity index (χ1n) is 10.7. The maximum absolute atomic E-state index is 13.4. The Kier molecular flexibility index (Phi) is 8.32. The number of carbonyl (C=O) groups excluding carboxylic acids is 1. The fourth-order valence-corrected chi connectivity index (χ4v) is 4.68. The van der Waals surface area contributed by atoms with Gasteiger partial charge in [0.25, 0.3) is 10.0 Å². The zero-order chi connectivity index (χ0) is 23.7. The Hall–Kier alpha value is -3.52. The van der Waals surface area contributed by atoms with Crippen LogP contribution in [-0.4, -0.2) is 34.1 Å². The smallest absolute Gasteiger partial charge is 0.264 e. The van der Waals surface area contributed by atoms with E-state index >= 15 is 0 Å². The van der Waals surface area contributed by atoms with Gasteiger partial charge in [-0.25, -0.2) is 8.42 Å². The fourth-order valence-electron chi connectivity index (χ4n) is 3.24. The van der Waals surface area contributed by atoms with Crippen LogP contribution in [0.3, 0.4) is 0 Å². The van der Waals surface area contributed by atoms with Crippen LogP contribution in [0.4, 0.5) is 5.69 Å². The number of benzene rings is 3. The second-order valence-electron chi connectivity index (χ2n) is 7.07. The molecule has 1 amide bonds. The van der Waals surface area contributed by atoms with E-state index in [4.69, 9.17) is 9.47 Å². The van der Waals surface area contributed by atoms with Gasteiger partial charge < -0.3 is 14.8 Å². The molecule has 0 aliphatic carbocycles. The standard InChI is InChI=1S/C25H28N2O5S/c1-3-31-22-16-14-21(15-17-22)27(33(29,30)23-11-6-5-7-12-23)19-25(28)26-18-20-10-8-9-13-24(20)32-4-2/h5-17H,3-4,18-19H2,1-2H3,(H,26,28). The van der Waals surface area contributed by atoms with Crippen LogP contribution in [0, 0.1) is 0 Å². The summed E-state index contributed by atoms with van der Waals surface area (Å²) in [5.74, 6) is 0.866. The van der Waals surface area contributed by atoms with Gasteiger partial charge >= 0.3 is 0 Å². The highest BCUT2D eigenvalue weighted by atomic mass is 32.2. The molecule has 0 bridgehead atoms. The average Bonchev–Trinajstić information content (AvgIpc) is 2.83. The normalized spacial score (nSPS) is 11.0. The van der Waals surface area contributed by atoms with Crippen molar-refractivity contribution >= 4 is 21.6 Å². The summed E-state index contributed by atoms with van der Waals surface area (Å²) in [5.41, 5.74) is 1.18. The Bertz CT molecular complexity index is 1150. The molecule has 0 unspecified atom stereocenters. The van der Waals surface area contributed by atoms with Gasteiger partial charge in [0, 0.05) is 12.1 Å². The molecule has 3 rings (SSSR count). The third kappa shape index (κ3) is 6.26. The zero-order valence-electron chi connectivity index (χ0n) is 18.7. The maximum atomic E-state index is 13.4. The SMILES string of the molecule is CCOc1ccc(N(CC(=O)NCc2ccccc2OCC)S(=O)(=O)c2ccccc2)cc1. The lowest BCUT2D eigenvalue weighted by Gasteiger charge is -2.24. The molecule has 7 nitrogen and oxygen atoms in total. The van der Waals surface area contributed by atoms with E-state index in [1.165, 1.54) is 12.1 Å². The van der Waals surface area contributed by atoms with E-state index in [2.05, 4.69) is 5.32 Å². The highest BCUT2D eigenvalue weighted by Crippen LogP contribution is 2.26. The Morgan fingerprint density at radius 3 is 2.15 bits per heavy atom. The van der Waals surface area contributed by atoms with Crippen molar-refractivity contribution in [1.82, 2.24) is 5.32 Å². The second-order valence-corrected chi connectivity index (χ2v) is 8.93. The van der Waals surface area contributed by atoms with Gasteiger partial charge in [0.05, 0.1) is 23.8 Å². The molecule has 0 fully saturated rings. The van der Waals surface area contributed by atoms with Crippen LogP contribution < -0.4 is 19.1 Å². The topological polar surface area (TPSA) is 84.9 Å². The van der Waals surface area contributed by atoms with Crippen LogP contribution in [-0.2, 0) is 21.4 Å². The highest BCUT2D eigenvalue weighted by molar-refractivity contribution is 7.92. The second kappa shape index (κ2) is 11.4. The molecule has 33 heavy (non-hydrogen) atoms. The van der Waals surface area contributed by atoms with E-state index in [9.17, 15) is 13.2 Å². The number of nitrogens with zero attached hydrogens (tertiary/aromatic N) is 1. The number of sulfonamides is 1. The van der Waals surface area contributed by atoms with Gasteiger partial charge in [-0.2, -0.15) is 0 Å². The summed E-state index contributed by atoms with van der Waals surface area (Å²) in [6, 6.07) is 22.1. The molecule has 0 aromatic heterocycles. The van der Waals surface area contributed by atoms with Gasteiger partial charge in [-0.1, -0.05) is 36.4 Å². The van der Waals surface area contributed by atoms with Gasteiger partial charge in [0.2, 0.25) is 5.91 Å².